The Labute approximate surface area is 126 Å². The zero-order chi connectivity index (χ0) is 15.9. The van der Waals surface area contributed by atoms with Gasteiger partial charge in [0.15, 0.2) is 0 Å². The van der Waals surface area contributed by atoms with E-state index >= 15 is 0 Å². The summed E-state index contributed by atoms with van der Waals surface area (Å²) < 4.78 is 0. The van der Waals surface area contributed by atoms with Crippen LogP contribution in [0.2, 0.25) is 0 Å². The van der Waals surface area contributed by atoms with Crippen molar-refractivity contribution in [3.05, 3.63) is 0 Å². The third-order valence-corrected chi connectivity index (χ3v) is 4.42. The van der Waals surface area contributed by atoms with Crippen LogP contribution in [0, 0.1) is 22.7 Å². The normalized spacial score (nSPS) is 18.5. The second-order valence-electron chi connectivity index (χ2n) is 6.27. The van der Waals surface area contributed by atoms with Crippen molar-refractivity contribution in [3.8, 4) is 6.07 Å². The fourth-order valence-electron chi connectivity index (χ4n) is 3.25. The Morgan fingerprint density at radius 3 is 2.38 bits per heavy atom. The monoisotopic (exact) mass is 294 g/mol. The van der Waals surface area contributed by atoms with Gasteiger partial charge in [-0.15, -0.1) is 0 Å². The SMILES string of the molecule is CCN(CC(C)C#N)C(=O)CC1(CC(=O)O)CCCCC1. The molecular formula is C16H26N2O3. The Bertz CT molecular complexity index is 408. The van der Waals surface area contributed by atoms with E-state index in [1.807, 2.05) is 6.92 Å². The van der Waals surface area contributed by atoms with E-state index in [-0.39, 0.29) is 23.7 Å². The molecule has 1 unspecified atom stereocenters. The molecule has 0 saturated heterocycles. The van der Waals surface area contributed by atoms with E-state index in [2.05, 4.69) is 6.07 Å². The third-order valence-electron chi connectivity index (χ3n) is 4.42. The Morgan fingerprint density at radius 2 is 1.90 bits per heavy atom. The summed E-state index contributed by atoms with van der Waals surface area (Å²) in [4.78, 5) is 25.3. The second-order valence-corrected chi connectivity index (χ2v) is 6.27. The standard InChI is InChI=1S/C16H26N2O3/c1-3-18(12-13(2)11-17)14(19)9-16(10-15(20)21)7-5-4-6-8-16/h13H,3-10,12H2,1-2H3,(H,20,21). The molecular weight excluding hydrogens is 268 g/mol. The Balaban J connectivity index is 2.74. The van der Waals surface area contributed by atoms with Crippen molar-refractivity contribution in [3.63, 3.8) is 0 Å². The molecule has 1 atom stereocenters. The molecule has 1 amide bonds. The molecule has 0 spiro atoms. The Hall–Kier alpha value is -1.57. The fraction of sp³-hybridized carbons (Fsp3) is 0.812. The average Bonchev–Trinajstić information content (AvgIpc) is 2.44. The number of amides is 1. The van der Waals surface area contributed by atoms with E-state index in [9.17, 15) is 9.59 Å². The molecule has 0 radical (unpaired) electrons. The van der Waals surface area contributed by atoms with Crippen molar-refractivity contribution in [2.45, 2.75) is 58.8 Å². The van der Waals surface area contributed by atoms with Crippen molar-refractivity contribution < 1.29 is 14.7 Å². The number of nitrogens with zero attached hydrogens (tertiary/aromatic N) is 2. The van der Waals surface area contributed by atoms with Crippen LogP contribution in [-0.2, 0) is 9.59 Å². The molecule has 1 rings (SSSR count). The summed E-state index contributed by atoms with van der Waals surface area (Å²) in [5.41, 5.74) is -0.384. The van der Waals surface area contributed by atoms with Crippen molar-refractivity contribution in [1.82, 2.24) is 4.90 Å². The van der Waals surface area contributed by atoms with Crippen molar-refractivity contribution in [1.29, 1.82) is 5.26 Å². The molecule has 0 aromatic rings. The van der Waals surface area contributed by atoms with Crippen LogP contribution in [0.3, 0.4) is 0 Å². The van der Waals surface area contributed by atoms with Gasteiger partial charge in [-0.2, -0.15) is 5.26 Å². The fourth-order valence-corrected chi connectivity index (χ4v) is 3.25. The highest BCUT2D eigenvalue weighted by Gasteiger charge is 2.37. The molecule has 21 heavy (non-hydrogen) atoms. The highest BCUT2D eigenvalue weighted by Crippen LogP contribution is 2.42. The Morgan fingerprint density at radius 1 is 1.29 bits per heavy atom. The van der Waals surface area contributed by atoms with Crippen LogP contribution in [0.5, 0.6) is 0 Å². The molecule has 1 aliphatic rings. The number of carboxylic acid groups (broad SMARTS) is 1. The maximum absolute atomic E-state index is 12.5. The first kappa shape index (κ1) is 17.5. The first-order chi connectivity index (χ1) is 9.92. The number of hydrogen-bond donors (Lipinski definition) is 1. The summed E-state index contributed by atoms with van der Waals surface area (Å²) in [7, 11) is 0. The first-order valence-corrected chi connectivity index (χ1v) is 7.81. The topological polar surface area (TPSA) is 81.4 Å². The summed E-state index contributed by atoms with van der Waals surface area (Å²) in [5.74, 6) is -1.03. The van der Waals surface area contributed by atoms with Gasteiger partial charge in [0.05, 0.1) is 18.4 Å². The molecule has 118 valence electrons. The highest BCUT2D eigenvalue weighted by molar-refractivity contribution is 5.78. The number of carbonyl (C=O) groups excluding carboxylic acids is 1. The van der Waals surface area contributed by atoms with E-state index in [0.717, 1.165) is 32.1 Å². The predicted molar refractivity (Wildman–Crippen MR) is 79.4 cm³/mol. The zero-order valence-corrected chi connectivity index (χ0v) is 13.1. The molecule has 0 aromatic heterocycles. The van der Waals surface area contributed by atoms with E-state index < -0.39 is 5.97 Å². The van der Waals surface area contributed by atoms with Gasteiger partial charge in [0.2, 0.25) is 5.91 Å². The first-order valence-electron chi connectivity index (χ1n) is 7.81. The van der Waals surface area contributed by atoms with Crippen molar-refractivity contribution in [2.75, 3.05) is 13.1 Å². The van der Waals surface area contributed by atoms with Gasteiger partial charge in [-0.25, -0.2) is 0 Å². The number of nitriles is 1. The minimum Gasteiger partial charge on any atom is -0.481 e. The highest BCUT2D eigenvalue weighted by atomic mass is 16.4. The summed E-state index contributed by atoms with van der Waals surface area (Å²) >= 11 is 0. The lowest BCUT2D eigenvalue weighted by molar-refractivity contribution is -0.142. The molecule has 0 aromatic carbocycles. The zero-order valence-electron chi connectivity index (χ0n) is 13.1. The number of aliphatic carboxylic acids is 1. The minimum atomic E-state index is -0.821. The van der Waals surface area contributed by atoms with Gasteiger partial charge in [0, 0.05) is 19.5 Å². The van der Waals surface area contributed by atoms with Gasteiger partial charge in [-0.3, -0.25) is 9.59 Å². The average molecular weight is 294 g/mol. The van der Waals surface area contributed by atoms with Gasteiger partial charge in [-0.05, 0) is 32.1 Å². The Kier molecular flexibility index (Phi) is 6.67. The van der Waals surface area contributed by atoms with Crippen LogP contribution in [0.15, 0.2) is 0 Å². The molecule has 1 aliphatic carbocycles. The lowest BCUT2D eigenvalue weighted by Crippen LogP contribution is -2.39. The molecule has 5 heteroatoms. The summed E-state index contributed by atoms with van der Waals surface area (Å²) in [5, 5.41) is 18.0. The summed E-state index contributed by atoms with van der Waals surface area (Å²) in [6.07, 6.45) is 5.13. The van der Waals surface area contributed by atoms with Crippen LogP contribution in [0.25, 0.3) is 0 Å². The minimum absolute atomic E-state index is 0.0113. The number of rotatable bonds is 7. The van der Waals surface area contributed by atoms with Crippen LogP contribution in [0.4, 0.5) is 0 Å². The number of hydrogen-bond acceptors (Lipinski definition) is 3. The van der Waals surface area contributed by atoms with E-state index in [4.69, 9.17) is 10.4 Å². The van der Waals surface area contributed by atoms with Gasteiger partial charge < -0.3 is 10.0 Å². The van der Waals surface area contributed by atoms with Crippen LogP contribution >= 0.6 is 0 Å². The molecule has 1 saturated carbocycles. The van der Waals surface area contributed by atoms with E-state index in [1.165, 1.54) is 0 Å². The molecule has 1 fully saturated rings. The summed E-state index contributed by atoms with van der Waals surface area (Å²) in [6, 6.07) is 2.14. The summed E-state index contributed by atoms with van der Waals surface area (Å²) in [6.45, 7) is 4.68. The largest absolute Gasteiger partial charge is 0.481 e. The van der Waals surface area contributed by atoms with Gasteiger partial charge in [0.25, 0.3) is 0 Å². The number of carboxylic acids is 1. The van der Waals surface area contributed by atoms with Gasteiger partial charge in [-0.1, -0.05) is 19.3 Å². The quantitative estimate of drug-likeness (QED) is 0.782. The molecule has 5 nitrogen and oxygen atoms in total. The van der Waals surface area contributed by atoms with E-state index in [0.29, 0.717) is 19.5 Å². The van der Waals surface area contributed by atoms with Crippen molar-refractivity contribution >= 4 is 11.9 Å². The second kappa shape index (κ2) is 8.02. The lowest BCUT2D eigenvalue weighted by Gasteiger charge is -2.37. The van der Waals surface area contributed by atoms with Crippen LogP contribution < -0.4 is 0 Å². The predicted octanol–water partition coefficient (Wildman–Crippen LogP) is 2.81. The van der Waals surface area contributed by atoms with Crippen LogP contribution in [0.1, 0.15) is 58.8 Å². The van der Waals surface area contributed by atoms with E-state index in [1.54, 1.807) is 11.8 Å². The van der Waals surface area contributed by atoms with Crippen LogP contribution in [-0.4, -0.2) is 35.0 Å². The molecule has 0 aliphatic heterocycles. The smallest absolute Gasteiger partial charge is 0.303 e. The lowest BCUT2D eigenvalue weighted by atomic mass is 9.69. The van der Waals surface area contributed by atoms with Gasteiger partial charge >= 0.3 is 5.97 Å². The van der Waals surface area contributed by atoms with Crippen molar-refractivity contribution in [2.24, 2.45) is 11.3 Å². The maximum atomic E-state index is 12.5. The molecule has 1 N–H and O–H groups in total. The third kappa shape index (κ3) is 5.37. The number of carbonyl (C=O) groups is 2. The van der Waals surface area contributed by atoms with Gasteiger partial charge in [0.1, 0.15) is 0 Å². The maximum Gasteiger partial charge on any atom is 0.303 e. The molecule has 0 bridgehead atoms. The molecule has 0 heterocycles.